The smallest absolute Gasteiger partial charge is 0.231 e. The summed E-state index contributed by atoms with van der Waals surface area (Å²) in [5, 5.41) is 12.9. The predicted octanol–water partition coefficient (Wildman–Crippen LogP) is 2.77. The lowest BCUT2D eigenvalue weighted by atomic mass is 9.77. The van der Waals surface area contributed by atoms with Crippen LogP contribution >= 0.6 is 0 Å². The van der Waals surface area contributed by atoms with E-state index in [1.165, 1.54) is 0 Å². The molecule has 1 atom stereocenters. The third kappa shape index (κ3) is 2.73. The first-order chi connectivity index (χ1) is 9.38. The van der Waals surface area contributed by atoms with Crippen molar-refractivity contribution in [1.29, 1.82) is 0 Å². The first kappa shape index (κ1) is 15.0. The lowest BCUT2D eigenvalue weighted by Gasteiger charge is -2.36. The van der Waals surface area contributed by atoms with Crippen LogP contribution in [0.3, 0.4) is 0 Å². The fraction of sp³-hybridized carbons (Fsp3) is 0.588. The number of hydrogen-bond acceptors (Lipinski definition) is 2. The number of hydrogen-bond donors (Lipinski definition) is 2. The third-order valence-electron chi connectivity index (χ3n) is 4.70. The zero-order valence-corrected chi connectivity index (χ0v) is 12.6. The molecular formula is C17H25NO2. The third-order valence-corrected chi connectivity index (χ3v) is 4.70. The molecule has 1 aromatic carbocycles. The van der Waals surface area contributed by atoms with E-state index in [-0.39, 0.29) is 5.91 Å². The molecular weight excluding hydrogens is 250 g/mol. The molecule has 2 rings (SSSR count). The molecule has 3 heteroatoms. The van der Waals surface area contributed by atoms with Crippen LogP contribution in [0.5, 0.6) is 0 Å². The molecule has 1 aromatic rings. The molecule has 1 fully saturated rings. The average Bonchev–Trinajstić information content (AvgIpc) is 2.89. The molecule has 0 heterocycles. The number of aliphatic hydroxyl groups excluding tert-OH is 1. The number of carbonyl (C=O) groups excluding carboxylic acids is 1. The van der Waals surface area contributed by atoms with Crippen LogP contribution in [0.2, 0.25) is 0 Å². The Kier molecular flexibility index (Phi) is 4.19. The summed E-state index contributed by atoms with van der Waals surface area (Å²) in [5.41, 5.74) is 0.0610. The zero-order chi connectivity index (χ0) is 14.8. The van der Waals surface area contributed by atoms with E-state index in [9.17, 15) is 9.90 Å². The maximum Gasteiger partial charge on any atom is 0.231 e. The van der Waals surface area contributed by atoms with Crippen molar-refractivity contribution in [3.63, 3.8) is 0 Å². The molecule has 0 spiro atoms. The molecule has 20 heavy (non-hydrogen) atoms. The Morgan fingerprint density at radius 3 is 2.30 bits per heavy atom. The highest BCUT2D eigenvalue weighted by Crippen LogP contribution is 2.41. The SMILES string of the molecule is CC(O)C(C)(C)NC(=O)C1(c2ccccc2)CCCC1. The predicted molar refractivity (Wildman–Crippen MR) is 80.5 cm³/mol. The Balaban J connectivity index is 2.28. The monoisotopic (exact) mass is 275 g/mol. The zero-order valence-electron chi connectivity index (χ0n) is 12.6. The van der Waals surface area contributed by atoms with Gasteiger partial charge >= 0.3 is 0 Å². The molecule has 0 saturated heterocycles. The highest BCUT2D eigenvalue weighted by atomic mass is 16.3. The molecule has 1 amide bonds. The van der Waals surface area contributed by atoms with Crippen LogP contribution in [0.15, 0.2) is 30.3 Å². The minimum Gasteiger partial charge on any atom is -0.391 e. The van der Waals surface area contributed by atoms with E-state index in [2.05, 4.69) is 5.32 Å². The van der Waals surface area contributed by atoms with Crippen molar-refractivity contribution in [2.75, 3.05) is 0 Å². The summed E-state index contributed by atoms with van der Waals surface area (Å²) in [7, 11) is 0. The molecule has 3 nitrogen and oxygen atoms in total. The van der Waals surface area contributed by atoms with Gasteiger partial charge in [-0.1, -0.05) is 43.2 Å². The van der Waals surface area contributed by atoms with E-state index in [0.29, 0.717) is 0 Å². The maximum absolute atomic E-state index is 12.9. The van der Waals surface area contributed by atoms with E-state index in [1.54, 1.807) is 6.92 Å². The summed E-state index contributed by atoms with van der Waals surface area (Å²) in [6, 6.07) is 10.0. The second-order valence-electron chi connectivity index (χ2n) is 6.51. The van der Waals surface area contributed by atoms with Gasteiger partial charge in [0.05, 0.1) is 17.1 Å². The van der Waals surface area contributed by atoms with Crippen molar-refractivity contribution in [3.05, 3.63) is 35.9 Å². The van der Waals surface area contributed by atoms with Crippen LogP contribution in [0.25, 0.3) is 0 Å². The van der Waals surface area contributed by atoms with E-state index >= 15 is 0 Å². The van der Waals surface area contributed by atoms with Crippen LogP contribution in [0, 0.1) is 0 Å². The molecule has 1 saturated carbocycles. The van der Waals surface area contributed by atoms with Gasteiger partial charge < -0.3 is 10.4 Å². The van der Waals surface area contributed by atoms with Crippen molar-refractivity contribution >= 4 is 5.91 Å². The van der Waals surface area contributed by atoms with Gasteiger partial charge in [-0.05, 0) is 39.2 Å². The molecule has 1 aliphatic rings. The quantitative estimate of drug-likeness (QED) is 0.887. The van der Waals surface area contributed by atoms with Gasteiger partial charge in [-0.25, -0.2) is 0 Å². The summed E-state index contributed by atoms with van der Waals surface area (Å²) >= 11 is 0. The van der Waals surface area contributed by atoms with Gasteiger partial charge in [-0.3, -0.25) is 4.79 Å². The minimum absolute atomic E-state index is 0.0482. The number of amides is 1. The second kappa shape index (κ2) is 5.57. The van der Waals surface area contributed by atoms with E-state index in [0.717, 1.165) is 31.2 Å². The Hall–Kier alpha value is -1.35. The molecule has 1 aliphatic carbocycles. The fourth-order valence-corrected chi connectivity index (χ4v) is 2.90. The van der Waals surface area contributed by atoms with Crippen molar-refractivity contribution < 1.29 is 9.90 Å². The number of rotatable bonds is 4. The van der Waals surface area contributed by atoms with Crippen molar-refractivity contribution in [2.24, 2.45) is 0 Å². The highest BCUT2D eigenvalue weighted by molar-refractivity contribution is 5.89. The summed E-state index contributed by atoms with van der Waals surface area (Å²) in [5.74, 6) is 0.0482. The van der Waals surface area contributed by atoms with Crippen molar-refractivity contribution in [2.45, 2.75) is 63.5 Å². The van der Waals surface area contributed by atoms with Crippen LogP contribution in [0.4, 0.5) is 0 Å². The van der Waals surface area contributed by atoms with E-state index in [1.807, 2.05) is 44.2 Å². The Bertz CT molecular complexity index is 459. The van der Waals surface area contributed by atoms with Crippen LogP contribution in [0.1, 0.15) is 52.0 Å². The lowest BCUT2D eigenvalue weighted by Crippen LogP contribution is -2.56. The van der Waals surface area contributed by atoms with Gasteiger partial charge in [-0.2, -0.15) is 0 Å². The van der Waals surface area contributed by atoms with Gasteiger partial charge in [0.15, 0.2) is 0 Å². The van der Waals surface area contributed by atoms with Crippen LogP contribution in [-0.4, -0.2) is 22.7 Å². The van der Waals surface area contributed by atoms with Crippen LogP contribution < -0.4 is 5.32 Å². The van der Waals surface area contributed by atoms with E-state index < -0.39 is 17.1 Å². The molecule has 0 aromatic heterocycles. The van der Waals surface area contributed by atoms with Gasteiger partial charge in [0.1, 0.15) is 0 Å². The van der Waals surface area contributed by atoms with Gasteiger partial charge in [0.25, 0.3) is 0 Å². The Morgan fingerprint density at radius 2 is 1.80 bits per heavy atom. The number of carbonyl (C=O) groups is 1. The first-order valence-corrected chi connectivity index (χ1v) is 7.45. The van der Waals surface area contributed by atoms with Crippen molar-refractivity contribution in [3.8, 4) is 0 Å². The molecule has 110 valence electrons. The standard InChI is InChI=1S/C17H25NO2/c1-13(19)16(2,3)18-15(20)17(11-7-8-12-17)14-9-5-4-6-10-14/h4-6,9-10,13,19H,7-8,11-12H2,1-3H3,(H,18,20). The topological polar surface area (TPSA) is 49.3 Å². The highest BCUT2D eigenvalue weighted by Gasteiger charge is 2.44. The second-order valence-corrected chi connectivity index (χ2v) is 6.51. The summed E-state index contributed by atoms with van der Waals surface area (Å²) < 4.78 is 0. The van der Waals surface area contributed by atoms with E-state index in [4.69, 9.17) is 0 Å². The van der Waals surface area contributed by atoms with Crippen LogP contribution in [-0.2, 0) is 10.2 Å². The maximum atomic E-state index is 12.9. The lowest BCUT2D eigenvalue weighted by molar-refractivity contribution is -0.129. The summed E-state index contributed by atoms with van der Waals surface area (Å²) in [6.45, 7) is 5.44. The van der Waals surface area contributed by atoms with Gasteiger partial charge in [0.2, 0.25) is 5.91 Å². The summed E-state index contributed by atoms with van der Waals surface area (Å²) in [4.78, 5) is 12.9. The molecule has 1 unspecified atom stereocenters. The number of aliphatic hydroxyl groups is 1. The average molecular weight is 275 g/mol. The van der Waals surface area contributed by atoms with Gasteiger partial charge in [0, 0.05) is 0 Å². The largest absolute Gasteiger partial charge is 0.391 e. The Morgan fingerprint density at radius 1 is 1.25 bits per heavy atom. The molecule has 0 radical (unpaired) electrons. The number of benzene rings is 1. The van der Waals surface area contributed by atoms with Crippen molar-refractivity contribution in [1.82, 2.24) is 5.32 Å². The summed E-state index contributed by atoms with van der Waals surface area (Å²) in [6.07, 6.45) is 3.35. The fourth-order valence-electron chi connectivity index (χ4n) is 2.90. The number of nitrogens with one attached hydrogen (secondary N) is 1. The normalized spacial score (nSPS) is 19.6. The minimum atomic E-state index is -0.610. The first-order valence-electron chi connectivity index (χ1n) is 7.45. The Labute approximate surface area is 121 Å². The molecule has 0 bridgehead atoms. The molecule has 2 N–H and O–H groups in total. The molecule has 0 aliphatic heterocycles. The van der Waals surface area contributed by atoms with Gasteiger partial charge in [-0.15, -0.1) is 0 Å².